The number of nitrogens with two attached hydrogens (primary N) is 1. The lowest BCUT2D eigenvalue weighted by Crippen LogP contribution is -2.55. The van der Waals surface area contributed by atoms with Gasteiger partial charge in [0.2, 0.25) is 0 Å². The highest BCUT2D eigenvalue weighted by atomic mass is 16.5. The van der Waals surface area contributed by atoms with E-state index in [1.807, 2.05) is 0 Å². The van der Waals surface area contributed by atoms with Crippen LogP contribution in [0.15, 0.2) is 42.5 Å². The van der Waals surface area contributed by atoms with Crippen LogP contribution in [0.2, 0.25) is 0 Å². The fraction of sp³-hybridized carbons (Fsp3) is 0.412. The normalized spacial score (nSPS) is 23.0. The maximum atomic E-state index is 6.06. The number of hydrogen-bond acceptors (Lipinski definition) is 2. The van der Waals surface area contributed by atoms with Gasteiger partial charge in [0.1, 0.15) is 0 Å². The van der Waals surface area contributed by atoms with Crippen molar-refractivity contribution in [2.75, 3.05) is 19.8 Å². The molecule has 1 aliphatic heterocycles. The van der Waals surface area contributed by atoms with Gasteiger partial charge in [-0.3, -0.25) is 0 Å². The maximum Gasteiger partial charge on any atom is 0.0591 e. The summed E-state index contributed by atoms with van der Waals surface area (Å²) in [5.74, 6) is 0. The third-order valence-corrected chi connectivity index (χ3v) is 5.26. The average molecular weight is 253 g/mol. The van der Waals surface area contributed by atoms with Crippen molar-refractivity contribution in [3.63, 3.8) is 0 Å². The largest absolute Gasteiger partial charge is 0.379 e. The van der Waals surface area contributed by atoms with E-state index in [9.17, 15) is 0 Å². The van der Waals surface area contributed by atoms with E-state index in [-0.39, 0.29) is 5.41 Å². The van der Waals surface area contributed by atoms with Crippen LogP contribution in [-0.2, 0) is 10.2 Å². The van der Waals surface area contributed by atoms with E-state index in [1.165, 1.54) is 29.2 Å². The standard InChI is InChI=1S/C17H19NO/c18-10-16(7-8-16)17(11-19-12-17)15-6-5-13-3-1-2-4-14(13)9-15/h1-6,9H,7-8,10-12,18H2. The van der Waals surface area contributed by atoms with Crippen LogP contribution in [0.3, 0.4) is 0 Å². The first kappa shape index (κ1) is 11.4. The molecule has 0 spiro atoms. The van der Waals surface area contributed by atoms with Crippen molar-refractivity contribution < 1.29 is 4.74 Å². The minimum atomic E-state index is 0.172. The van der Waals surface area contributed by atoms with Gasteiger partial charge in [0.15, 0.2) is 0 Å². The Morgan fingerprint density at radius 2 is 1.74 bits per heavy atom. The fourth-order valence-corrected chi connectivity index (χ4v) is 3.60. The van der Waals surface area contributed by atoms with Gasteiger partial charge >= 0.3 is 0 Å². The molecule has 0 amide bonds. The fourth-order valence-electron chi connectivity index (χ4n) is 3.60. The minimum absolute atomic E-state index is 0.172. The molecule has 0 atom stereocenters. The van der Waals surface area contributed by atoms with Crippen LogP contribution >= 0.6 is 0 Å². The Hall–Kier alpha value is -1.38. The molecule has 4 rings (SSSR count). The second-order valence-electron chi connectivity index (χ2n) is 6.12. The molecule has 0 bridgehead atoms. The van der Waals surface area contributed by atoms with Gasteiger partial charge < -0.3 is 10.5 Å². The van der Waals surface area contributed by atoms with Gasteiger partial charge in [0.25, 0.3) is 0 Å². The SMILES string of the molecule is NCC1(C2(c3ccc4ccccc4c3)COC2)CC1. The summed E-state index contributed by atoms with van der Waals surface area (Å²) in [4.78, 5) is 0. The Morgan fingerprint density at radius 1 is 1.00 bits per heavy atom. The summed E-state index contributed by atoms with van der Waals surface area (Å²) < 4.78 is 5.58. The Bertz CT molecular complexity index is 626. The molecule has 2 N–H and O–H groups in total. The molecular weight excluding hydrogens is 234 g/mol. The number of hydrogen-bond donors (Lipinski definition) is 1. The van der Waals surface area contributed by atoms with Crippen molar-refractivity contribution in [1.29, 1.82) is 0 Å². The van der Waals surface area contributed by atoms with Gasteiger partial charge in [-0.05, 0) is 41.1 Å². The second-order valence-corrected chi connectivity index (χ2v) is 6.12. The predicted molar refractivity (Wildman–Crippen MR) is 77.2 cm³/mol. The lowest BCUT2D eigenvalue weighted by molar-refractivity contribution is -0.0972. The van der Waals surface area contributed by atoms with Gasteiger partial charge in [-0.25, -0.2) is 0 Å². The average Bonchev–Trinajstić information content (AvgIpc) is 3.19. The first-order valence-electron chi connectivity index (χ1n) is 7.07. The van der Waals surface area contributed by atoms with Gasteiger partial charge in [0.05, 0.1) is 13.2 Å². The summed E-state index contributed by atoms with van der Waals surface area (Å²) in [7, 11) is 0. The molecule has 2 heteroatoms. The van der Waals surface area contributed by atoms with Crippen LogP contribution < -0.4 is 5.73 Å². The van der Waals surface area contributed by atoms with E-state index in [2.05, 4.69) is 42.5 Å². The monoisotopic (exact) mass is 253 g/mol. The Balaban J connectivity index is 1.84. The summed E-state index contributed by atoms with van der Waals surface area (Å²) in [5, 5.41) is 2.62. The summed E-state index contributed by atoms with van der Waals surface area (Å²) in [6.45, 7) is 2.45. The topological polar surface area (TPSA) is 35.2 Å². The number of fused-ring (bicyclic) bond motifs is 1. The Kier molecular flexibility index (Phi) is 2.30. The molecular formula is C17H19NO. The van der Waals surface area contributed by atoms with E-state index >= 15 is 0 Å². The number of benzene rings is 2. The molecule has 1 aliphatic carbocycles. The summed E-state index contributed by atoms with van der Waals surface area (Å²) in [5.41, 5.74) is 7.95. The molecule has 98 valence electrons. The third kappa shape index (κ3) is 1.44. The quantitative estimate of drug-likeness (QED) is 0.913. The zero-order chi connectivity index (χ0) is 12.9. The van der Waals surface area contributed by atoms with Crippen LogP contribution in [0.1, 0.15) is 18.4 Å². The van der Waals surface area contributed by atoms with Crippen molar-refractivity contribution in [3.05, 3.63) is 48.0 Å². The smallest absolute Gasteiger partial charge is 0.0591 e. The molecule has 1 heterocycles. The van der Waals surface area contributed by atoms with Crippen molar-refractivity contribution in [2.24, 2.45) is 11.1 Å². The first-order valence-corrected chi connectivity index (χ1v) is 7.07. The van der Waals surface area contributed by atoms with Gasteiger partial charge in [0, 0.05) is 5.41 Å². The Labute approximate surface area is 113 Å². The zero-order valence-electron chi connectivity index (χ0n) is 11.1. The first-order chi connectivity index (χ1) is 9.30. The Morgan fingerprint density at radius 3 is 2.32 bits per heavy atom. The highest BCUT2D eigenvalue weighted by Gasteiger charge is 2.62. The van der Waals surface area contributed by atoms with E-state index in [4.69, 9.17) is 10.5 Å². The molecule has 0 aromatic heterocycles. The molecule has 2 aromatic carbocycles. The molecule has 0 unspecified atom stereocenters. The summed E-state index contributed by atoms with van der Waals surface area (Å²) in [6.07, 6.45) is 2.50. The lowest BCUT2D eigenvalue weighted by atomic mass is 9.66. The minimum Gasteiger partial charge on any atom is -0.379 e. The zero-order valence-corrected chi connectivity index (χ0v) is 11.1. The van der Waals surface area contributed by atoms with Crippen LogP contribution in [0.25, 0.3) is 10.8 Å². The molecule has 2 aliphatic rings. The van der Waals surface area contributed by atoms with Crippen LogP contribution in [0.5, 0.6) is 0 Å². The third-order valence-electron chi connectivity index (χ3n) is 5.26. The highest BCUT2D eigenvalue weighted by Crippen LogP contribution is 2.61. The number of ether oxygens (including phenoxy) is 1. The highest BCUT2D eigenvalue weighted by molar-refractivity contribution is 5.83. The van der Waals surface area contributed by atoms with Crippen LogP contribution in [-0.4, -0.2) is 19.8 Å². The van der Waals surface area contributed by atoms with Crippen molar-refractivity contribution in [2.45, 2.75) is 18.3 Å². The molecule has 2 nitrogen and oxygen atoms in total. The van der Waals surface area contributed by atoms with Crippen molar-refractivity contribution in [1.82, 2.24) is 0 Å². The predicted octanol–water partition coefficient (Wildman–Crippen LogP) is 2.85. The molecule has 1 saturated carbocycles. The van der Waals surface area contributed by atoms with E-state index in [0.29, 0.717) is 5.41 Å². The van der Waals surface area contributed by atoms with E-state index in [0.717, 1.165) is 19.8 Å². The molecule has 1 saturated heterocycles. The summed E-state index contributed by atoms with van der Waals surface area (Å²) >= 11 is 0. The lowest BCUT2D eigenvalue weighted by Gasteiger charge is -2.48. The van der Waals surface area contributed by atoms with Crippen LogP contribution in [0.4, 0.5) is 0 Å². The van der Waals surface area contributed by atoms with Gasteiger partial charge in [-0.15, -0.1) is 0 Å². The van der Waals surface area contributed by atoms with Crippen molar-refractivity contribution >= 4 is 10.8 Å². The summed E-state index contributed by atoms with van der Waals surface area (Å²) in [6, 6.07) is 15.4. The molecule has 2 aromatic rings. The number of rotatable bonds is 3. The molecule has 19 heavy (non-hydrogen) atoms. The van der Waals surface area contributed by atoms with E-state index < -0.39 is 0 Å². The molecule has 2 fully saturated rings. The second kappa shape index (κ2) is 3.81. The van der Waals surface area contributed by atoms with E-state index in [1.54, 1.807) is 0 Å². The van der Waals surface area contributed by atoms with Gasteiger partial charge in [-0.1, -0.05) is 42.5 Å². The van der Waals surface area contributed by atoms with Gasteiger partial charge in [-0.2, -0.15) is 0 Å². The van der Waals surface area contributed by atoms with Crippen LogP contribution in [0, 0.1) is 5.41 Å². The maximum absolute atomic E-state index is 6.06. The molecule has 0 radical (unpaired) electrons. The van der Waals surface area contributed by atoms with Crippen molar-refractivity contribution in [3.8, 4) is 0 Å².